The maximum absolute atomic E-state index is 13.4. The Morgan fingerprint density at radius 2 is 1.83 bits per heavy atom. The molecule has 1 amide bonds. The van der Waals surface area contributed by atoms with Gasteiger partial charge in [0.15, 0.2) is 0 Å². The van der Waals surface area contributed by atoms with Crippen LogP contribution in [-0.4, -0.2) is 55.8 Å². The lowest BCUT2D eigenvalue weighted by Gasteiger charge is -2.36. The third kappa shape index (κ3) is 4.79. The summed E-state index contributed by atoms with van der Waals surface area (Å²) in [6, 6.07) is 13.1. The molecular formula is C20H21FN4O3S. The molecule has 2 aromatic rings. The van der Waals surface area contributed by atoms with E-state index in [1.807, 2.05) is 11.0 Å². The van der Waals surface area contributed by atoms with Gasteiger partial charge in [0.05, 0.1) is 22.6 Å². The molecular weight excluding hydrogens is 395 g/mol. The second-order valence-electron chi connectivity index (χ2n) is 6.76. The Morgan fingerprint density at radius 3 is 2.48 bits per heavy atom. The molecule has 3 rings (SSSR count). The van der Waals surface area contributed by atoms with Gasteiger partial charge in [-0.3, -0.25) is 9.69 Å². The van der Waals surface area contributed by atoms with E-state index in [-0.39, 0.29) is 23.9 Å². The Hall–Kier alpha value is -2.80. The molecule has 0 aliphatic carbocycles. The fraction of sp³-hybridized carbons (Fsp3) is 0.300. The molecule has 1 N–H and O–H groups in total. The van der Waals surface area contributed by atoms with Crippen molar-refractivity contribution in [3.8, 4) is 6.07 Å². The smallest absolute Gasteiger partial charge is 0.243 e. The number of benzene rings is 2. The number of halogens is 1. The van der Waals surface area contributed by atoms with Crippen LogP contribution in [0.1, 0.15) is 12.5 Å². The number of nitrogens with zero attached hydrogens (tertiary/aromatic N) is 3. The summed E-state index contributed by atoms with van der Waals surface area (Å²) >= 11 is 0. The summed E-state index contributed by atoms with van der Waals surface area (Å²) in [6.45, 7) is 2.92. The summed E-state index contributed by atoms with van der Waals surface area (Å²) in [4.78, 5) is 14.4. The van der Waals surface area contributed by atoms with E-state index in [0.29, 0.717) is 24.3 Å². The normalized spacial score (nSPS) is 16.7. The number of amides is 1. The van der Waals surface area contributed by atoms with Crippen LogP contribution in [0.3, 0.4) is 0 Å². The van der Waals surface area contributed by atoms with Gasteiger partial charge in [-0.15, -0.1) is 0 Å². The van der Waals surface area contributed by atoms with Gasteiger partial charge in [-0.2, -0.15) is 9.57 Å². The second-order valence-corrected chi connectivity index (χ2v) is 8.69. The Balaban J connectivity index is 1.61. The minimum absolute atomic E-state index is 0.0749. The van der Waals surface area contributed by atoms with Gasteiger partial charge in [0.2, 0.25) is 15.9 Å². The van der Waals surface area contributed by atoms with Gasteiger partial charge >= 0.3 is 0 Å². The third-order valence-electron chi connectivity index (χ3n) is 4.89. The first-order valence-electron chi connectivity index (χ1n) is 9.12. The molecule has 0 bridgehead atoms. The summed E-state index contributed by atoms with van der Waals surface area (Å²) < 4.78 is 40.1. The van der Waals surface area contributed by atoms with Crippen LogP contribution in [0.4, 0.5) is 10.1 Å². The van der Waals surface area contributed by atoms with Crippen LogP contribution in [0.2, 0.25) is 0 Å². The van der Waals surface area contributed by atoms with Gasteiger partial charge in [-0.05, 0) is 43.3 Å². The molecule has 2 aromatic carbocycles. The van der Waals surface area contributed by atoms with Gasteiger partial charge in [0, 0.05) is 31.9 Å². The number of rotatable bonds is 5. The molecule has 1 saturated heterocycles. The summed E-state index contributed by atoms with van der Waals surface area (Å²) in [5.74, 6) is -0.836. The van der Waals surface area contributed by atoms with Gasteiger partial charge < -0.3 is 5.32 Å². The van der Waals surface area contributed by atoms with Crippen molar-refractivity contribution < 1.29 is 17.6 Å². The fourth-order valence-electron chi connectivity index (χ4n) is 3.19. The van der Waals surface area contributed by atoms with E-state index in [0.717, 1.165) is 6.07 Å². The van der Waals surface area contributed by atoms with Crippen molar-refractivity contribution in [2.24, 2.45) is 0 Å². The monoisotopic (exact) mass is 416 g/mol. The van der Waals surface area contributed by atoms with Crippen molar-refractivity contribution in [2.45, 2.75) is 17.9 Å². The highest BCUT2D eigenvalue weighted by molar-refractivity contribution is 7.89. The Bertz CT molecular complexity index is 1040. The van der Waals surface area contributed by atoms with Gasteiger partial charge in [0.1, 0.15) is 5.82 Å². The van der Waals surface area contributed by atoms with Gasteiger partial charge in [-0.1, -0.05) is 12.1 Å². The molecule has 0 saturated carbocycles. The van der Waals surface area contributed by atoms with Crippen LogP contribution in [0.5, 0.6) is 0 Å². The first-order valence-corrected chi connectivity index (χ1v) is 10.6. The van der Waals surface area contributed by atoms with E-state index in [1.165, 1.54) is 22.5 Å². The lowest BCUT2D eigenvalue weighted by molar-refractivity contribution is -0.121. The number of nitrogens with one attached hydrogen (secondary N) is 1. The van der Waals surface area contributed by atoms with Crippen molar-refractivity contribution >= 4 is 21.6 Å². The standard InChI is InChI=1S/C20H21FN4O3S/c1-15(20(26)23-18-6-2-4-16(12-18)14-22)24-8-10-25(11-9-24)29(27,28)19-7-3-5-17(21)13-19/h2-7,12-13,15H,8-11H2,1H3,(H,23,26)/t15-/m0/s1. The summed E-state index contributed by atoms with van der Waals surface area (Å²) in [5.41, 5.74) is 0.986. The first kappa shape index (κ1) is 20.9. The van der Waals surface area contributed by atoms with Crippen molar-refractivity contribution in [3.63, 3.8) is 0 Å². The second kappa shape index (κ2) is 8.69. The molecule has 152 valence electrons. The fourth-order valence-corrected chi connectivity index (χ4v) is 4.64. The largest absolute Gasteiger partial charge is 0.325 e. The number of hydrogen-bond acceptors (Lipinski definition) is 5. The van der Waals surface area contributed by atoms with Crippen LogP contribution in [0, 0.1) is 17.1 Å². The number of nitriles is 1. The molecule has 0 radical (unpaired) electrons. The molecule has 1 aliphatic heterocycles. The number of carbonyl (C=O) groups excluding carboxylic acids is 1. The lowest BCUT2D eigenvalue weighted by atomic mass is 10.2. The average molecular weight is 416 g/mol. The Labute approximate surface area is 169 Å². The molecule has 0 aromatic heterocycles. The average Bonchev–Trinajstić information content (AvgIpc) is 2.73. The van der Waals surface area contributed by atoms with Crippen LogP contribution in [-0.2, 0) is 14.8 Å². The minimum Gasteiger partial charge on any atom is -0.325 e. The zero-order chi connectivity index (χ0) is 21.0. The van der Waals surface area contributed by atoms with Crippen molar-refractivity contribution in [2.75, 3.05) is 31.5 Å². The molecule has 1 fully saturated rings. The predicted octanol–water partition coefficient (Wildman–Crippen LogP) is 2.03. The highest BCUT2D eigenvalue weighted by Gasteiger charge is 2.32. The minimum atomic E-state index is -3.77. The molecule has 29 heavy (non-hydrogen) atoms. The zero-order valence-corrected chi connectivity index (χ0v) is 16.7. The van der Waals surface area contributed by atoms with E-state index in [1.54, 1.807) is 31.2 Å². The summed E-state index contributed by atoms with van der Waals surface area (Å²) in [5, 5.41) is 11.7. The molecule has 9 heteroatoms. The Morgan fingerprint density at radius 1 is 1.14 bits per heavy atom. The molecule has 0 spiro atoms. The van der Waals surface area contributed by atoms with Gasteiger partial charge in [-0.25, -0.2) is 12.8 Å². The maximum Gasteiger partial charge on any atom is 0.243 e. The van der Waals surface area contributed by atoms with E-state index in [2.05, 4.69) is 5.32 Å². The SMILES string of the molecule is C[C@@H](C(=O)Nc1cccc(C#N)c1)N1CCN(S(=O)(=O)c2cccc(F)c2)CC1. The first-order chi connectivity index (χ1) is 13.8. The molecule has 1 atom stereocenters. The Kier molecular flexibility index (Phi) is 6.27. The summed E-state index contributed by atoms with van der Waals surface area (Å²) in [7, 11) is -3.77. The van der Waals surface area contributed by atoms with E-state index in [9.17, 15) is 17.6 Å². The number of carbonyl (C=O) groups is 1. The predicted molar refractivity (Wildman–Crippen MR) is 106 cm³/mol. The van der Waals surface area contributed by atoms with E-state index in [4.69, 9.17) is 5.26 Å². The number of piperazine rings is 1. The van der Waals surface area contributed by atoms with Crippen LogP contribution < -0.4 is 5.32 Å². The van der Waals surface area contributed by atoms with Gasteiger partial charge in [0.25, 0.3) is 0 Å². The molecule has 1 aliphatic rings. The third-order valence-corrected chi connectivity index (χ3v) is 6.79. The zero-order valence-electron chi connectivity index (χ0n) is 15.9. The van der Waals surface area contributed by atoms with Crippen molar-refractivity contribution in [1.82, 2.24) is 9.21 Å². The number of anilines is 1. The summed E-state index contributed by atoms with van der Waals surface area (Å²) in [6.07, 6.45) is 0. The number of sulfonamides is 1. The quantitative estimate of drug-likeness (QED) is 0.805. The highest BCUT2D eigenvalue weighted by Crippen LogP contribution is 2.19. The van der Waals surface area contributed by atoms with E-state index >= 15 is 0 Å². The maximum atomic E-state index is 13.4. The topological polar surface area (TPSA) is 93.5 Å². The van der Waals surface area contributed by atoms with Crippen LogP contribution in [0.15, 0.2) is 53.4 Å². The van der Waals surface area contributed by atoms with Crippen molar-refractivity contribution in [3.05, 3.63) is 59.9 Å². The molecule has 0 unspecified atom stereocenters. The molecule has 1 heterocycles. The van der Waals surface area contributed by atoms with E-state index < -0.39 is 21.9 Å². The van der Waals surface area contributed by atoms with Crippen LogP contribution >= 0.6 is 0 Å². The highest BCUT2D eigenvalue weighted by atomic mass is 32.2. The van der Waals surface area contributed by atoms with Crippen molar-refractivity contribution in [1.29, 1.82) is 5.26 Å². The van der Waals surface area contributed by atoms with Crippen LogP contribution in [0.25, 0.3) is 0 Å². The lowest BCUT2D eigenvalue weighted by Crippen LogP contribution is -2.53. The molecule has 7 nitrogen and oxygen atoms in total. The number of hydrogen-bond donors (Lipinski definition) is 1.